The summed E-state index contributed by atoms with van der Waals surface area (Å²) in [6, 6.07) is 6.40. The second-order valence-corrected chi connectivity index (χ2v) is 4.67. The molecule has 0 aliphatic carbocycles. The van der Waals surface area contributed by atoms with Crippen molar-refractivity contribution in [3.05, 3.63) is 53.1 Å². The molecule has 0 bridgehead atoms. The summed E-state index contributed by atoms with van der Waals surface area (Å²) in [5, 5.41) is 0. The summed E-state index contributed by atoms with van der Waals surface area (Å²) in [6.45, 7) is 4.25. The van der Waals surface area contributed by atoms with Gasteiger partial charge in [0.05, 0.1) is 6.04 Å². The van der Waals surface area contributed by atoms with Gasteiger partial charge in [-0.2, -0.15) is 0 Å². The Balaban J connectivity index is 2.29. The molecule has 2 rings (SSSR count). The minimum Gasteiger partial charge on any atom is -0.338 e. The molecule has 0 spiro atoms. The summed E-state index contributed by atoms with van der Waals surface area (Å²) in [6.07, 6.45) is 4.54. The van der Waals surface area contributed by atoms with E-state index in [0.717, 1.165) is 12.2 Å². The maximum Gasteiger partial charge on any atom is 0.110 e. The normalized spacial score (nSPS) is 12.7. The summed E-state index contributed by atoms with van der Waals surface area (Å²) in [4.78, 5) is 4.35. The lowest BCUT2D eigenvalue weighted by atomic mass is 9.96. The highest BCUT2D eigenvalue weighted by atomic mass is 15.2. The molecule has 96 valence electrons. The van der Waals surface area contributed by atoms with Crippen LogP contribution in [0.4, 0.5) is 0 Å². The molecule has 0 aliphatic rings. The molecule has 1 aromatic carbocycles. The van der Waals surface area contributed by atoms with Gasteiger partial charge in [-0.1, -0.05) is 18.2 Å². The lowest BCUT2D eigenvalue weighted by molar-refractivity contribution is 0.528. The van der Waals surface area contributed by atoms with Gasteiger partial charge in [0.25, 0.3) is 0 Å². The molecule has 4 heteroatoms. The van der Waals surface area contributed by atoms with Crippen LogP contribution >= 0.6 is 0 Å². The van der Waals surface area contributed by atoms with E-state index in [4.69, 9.17) is 5.84 Å². The van der Waals surface area contributed by atoms with Crippen molar-refractivity contribution in [1.82, 2.24) is 15.0 Å². The first-order chi connectivity index (χ1) is 8.63. The van der Waals surface area contributed by atoms with Crippen molar-refractivity contribution in [1.29, 1.82) is 0 Å². The molecule has 0 amide bonds. The van der Waals surface area contributed by atoms with E-state index >= 15 is 0 Å². The molecule has 1 unspecified atom stereocenters. The molecular weight excluding hydrogens is 224 g/mol. The molecule has 2 aromatic rings. The van der Waals surface area contributed by atoms with Crippen LogP contribution in [0.25, 0.3) is 0 Å². The summed E-state index contributed by atoms with van der Waals surface area (Å²) in [5.41, 5.74) is 6.71. The fraction of sp³-hybridized carbons (Fsp3) is 0.357. The van der Waals surface area contributed by atoms with Gasteiger partial charge in [-0.3, -0.25) is 11.3 Å². The Morgan fingerprint density at radius 1 is 1.39 bits per heavy atom. The standard InChI is InChI=1S/C14H20N4/c1-10-5-4-6-12(11(10)2)13(17-15)9-14-16-7-8-18(14)3/h4-8,13,17H,9,15H2,1-3H3. The van der Waals surface area contributed by atoms with Crippen molar-refractivity contribution in [2.75, 3.05) is 0 Å². The topological polar surface area (TPSA) is 55.9 Å². The summed E-state index contributed by atoms with van der Waals surface area (Å²) in [5.74, 6) is 6.73. The highest BCUT2D eigenvalue weighted by molar-refractivity contribution is 5.35. The van der Waals surface area contributed by atoms with Gasteiger partial charge in [-0.15, -0.1) is 0 Å². The average molecular weight is 244 g/mol. The van der Waals surface area contributed by atoms with Gasteiger partial charge >= 0.3 is 0 Å². The lowest BCUT2D eigenvalue weighted by Gasteiger charge is -2.19. The fourth-order valence-electron chi connectivity index (χ4n) is 2.19. The van der Waals surface area contributed by atoms with E-state index < -0.39 is 0 Å². The molecule has 4 nitrogen and oxygen atoms in total. The number of aryl methyl sites for hydroxylation is 2. The Morgan fingerprint density at radius 2 is 2.17 bits per heavy atom. The molecule has 0 aliphatic heterocycles. The van der Waals surface area contributed by atoms with Gasteiger partial charge in [0.2, 0.25) is 0 Å². The Labute approximate surface area is 108 Å². The van der Waals surface area contributed by atoms with Crippen LogP contribution in [0.15, 0.2) is 30.6 Å². The SMILES string of the molecule is Cc1cccc(C(Cc2nccn2C)NN)c1C. The van der Waals surface area contributed by atoms with Crippen LogP contribution in [-0.4, -0.2) is 9.55 Å². The maximum absolute atomic E-state index is 5.70. The van der Waals surface area contributed by atoms with Crippen LogP contribution in [0.1, 0.15) is 28.6 Å². The number of aromatic nitrogens is 2. The summed E-state index contributed by atoms with van der Waals surface area (Å²) < 4.78 is 2.02. The number of nitrogens with zero attached hydrogens (tertiary/aromatic N) is 2. The first-order valence-corrected chi connectivity index (χ1v) is 6.12. The van der Waals surface area contributed by atoms with Crippen molar-refractivity contribution in [2.45, 2.75) is 26.3 Å². The molecule has 1 heterocycles. The number of nitrogens with one attached hydrogen (secondary N) is 1. The number of nitrogens with two attached hydrogens (primary N) is 1. The number of hydrazine groups is 1. The van der Waals surface area contributed by atoms with E-state index in [1.54, 1.807) is 0 Å². The van der Waals surface area contributed by atoms with E-state index in [0.29, 0.717) is 0 Å². The molecule has 0 radical (unpaired) electrons. The van der Waals surface area contributed by atoms with Crippen molar-refractivity contribution in [2.24, 2.45) is 12.9 Å². The largest absolute Gasteiger partial charge is 0.338 e. The number of hydrogen-bond donors (Lipinski definition) is 2. The Morgan fingerprint density at radius 3 is 2.78 bits per heavy atom. The van der Waals surface area contributed by atoms with Gasteiger partial charge in [0.15, 0.2) is 0 Å². The molecule has 0 saturated heterocycles. The molecule has 0 fully saturated rings. The Bertz CT molecular complexity index is 530. The molecule has 1 atom stereocenters. The monoisotopic (exact) mass is 244 g/mol. The van der Waals surface area contributed by atoms with Gasteiger partial charge in [0, 0.05) is 25.9 Å². The molecule has 0 saturated carbocycles. The lowest BCUT2D eigenvalue weighted by Crippen LogP contribution is -2.31. The Hall–Kier alpha value is -1.65. The molecule has 3 N–H and O–H groups in total. The van der Waals surface area contributed by atoms with Crippen LogP contribution in [0.5, 0.6) is 0 Å². The first kappa shape index (κ1) is 12.8. The van der Waals surface area contributed by atoms with Crippen molar-refractivity contribution < 1.29 is 0 Å². The number of rotatable bonds is 4. The van der Waals surface area contributed by atoms with Crippen LogP contribution < -0.4 is 11.3 Å². The smallest absolute Gasteiger partial charge is 0.110 e. The van der Waals surface area contributed by atoms with Crippen LogP contribution in [-0.2, 0) is 13.5 Å². The molecular formula is C14H20N4. The van der Waals surface area contributed by atoms with Crippen molar-refractivity contribution in [3.63, 3.8) is 0 Å². The zero-order valence-electron chi connectivity index (χ0n) is 11.1. The van der Waals surface area contributed by atoms with Crippen molar-refractivity contribution in [3.8, 4) is 0 Å². The zero-order valence-corrected chi connectivity index (χ0v) is 11.1. The van der Waals surface area contributed by atoms with Crippen molar-refractivity contribution >= 4 is 0 Å². The number of benzene rings is 1. The van der Waals surface area contributed by atoms with Crippen LogP contribution in [0, 0.1) is 13.8 Å². The third-order valence-corrected chi connectivity index (χ3v) is 3.53. The van der Waals surface area contributed by atoms with Gasteiger partial charge < -0.3 is 4.57 Å². The zero-order chi connectivity index (χ0) is 13.1. The minimum atomic E-state index is 0.0889. The molecule has 18 heavy (non-hydrogen) atoms. The number of imidazole rings is 1. The highest BCUT2D eigenvalue weighted by Crippen LogP contribution is 2.22. The van der Waals surface area contributed by atoms with Gasteiger partial charge in [0.1, 0.15) is 5.82 Å². The summed E-state index contributed by atoms with van der Waals surface area (Å²) >= 11 is 0. The van der Waals surface area contributed by atoms with E-state index in [-0.39, 0.29) is 6.04 Å². The summed E-state index contributed by atoms with van der Waals surface area (Å²) in [7, 11) is 2.00. The van der Waals surface area contributed by atoms with E-state index in [9.17, 15) is 0 Å². The van der Waals surface area contributed by atoms with Gasteiger partial charge in [-0.05, 0) is 30.5 Å². The second kappa shape index (κ2) is 5.33. The quantitative estimate of drug-likeness (QED) is 0.637. The second-order valence-electron chi connectivity index (χ2n) is 4.67. The number of hydrogen-bond acceptors (Lipinski definition) is 3. The van der Waals surface area contributed by atoms with E-state index in [2.05, 4.69) is 42.5 Å². The predicted octanol–water partition coefficient (Wildman–Crippen LogP) is 1.78. The van der Waals surface area contributed by atoms with E-state index in [1.165, 1.54) is 16.7 Å². The Kier molecular flexibility index (Phi) is 3.79. The highest BCUT2D eigenvalue weighted by Gasteiger charge is 2.15. The molecule has 1 aromatic heterocycles. The van der Waals surface area contributed by atoms with E-state index in [1.807, 2.05) is 24.0 Å². The fourth-order valence-corrected chi connectivity index (χ4v) is 2.19. The predicted molar refractivity (Wildman–Crippen MR) is 72.9 cm³/mol. The minimum absolute atomic E-state index is 0.0889. The van der Waals surface area contributed by atoms with Crippen LogP contribution in [0.2, 0.25) is 0 Å². The maximum atomic E-state index is 5.70. The third-order valence-electron chi connectivity index (χ3n) is 3.53. The third kappa shape index (κ3) is 2.44. The van der Waals surface area contributed by atoms with Gasteiger partial charge in [-0.25, -0.2) is 4.98 Å². The first-order valence-electron chi connectivity index (χ1n) is 6.12. The average Bonchev–Trinajstić information content (AvgIpc) is 2.76. The van der Waals surface area contributed by atoms with Crippen LogP contribution in [0.3, 0.4) is 0 Å².